The van der Waals surface area contributed by atoms with E-state index >= 15 is 0 Å². The van der Waals surface area contributed by atoms with Crippen LogP contribution >= 0.6 is 0 Å². The summed E-state index contributed by atoms with van der Waals surface area (Å²) in [6.07, 6.45) is 4.51. The molecule has 4 rings (SSSR count). The first-order valence-electron chi connectivity index (χ1n) is 8.68. The first-order valence-corrected chi connectivity index (χ1v) is 8.68. The number of piperidine rings is 1. The molecule has 1 fully saturated rings. The molecule has 7 heteroatoms. The summed E-state index contributed by atoms with van der Waals surface area (Å²) in [5.41, 5.74) is 1.47. The zero-order valence-electron chi connectivity index (χ0n) is 14.3. The van der Waals surface area contributed by atoms with Crippen LogP contribution in [0, 0.1) is 5.92 Å². The van der Waals surface area contributed by atoms with E-state index in [-0.39, 0.29) is 24.5 Å². The van der Waals surface area contributed by atoms with Crippen molar-refractivity contribution in [1.82, 2.24) is 10.2 Å². The lowest BCUT2D eigenvalue weighted by Crippen LogP contribution is -2.45. The number of ether oxygens (including phenoxy) is 2. The van der Waals surface area contributed by atoms with Crippen LogP contribution in [0.25, 0.3) is 0 Å². The summed E-state index contributed by atoms with van der Waals surface area (Å²) in [5.74, 6) is 1.10. The minimum absolute atomic E-state index is 0.0349. The minimum atomic E-state index is -0.200. The van der Waals surface area contributed by atoms with E-state index in [1.165, 1.54) is 12.5 Å². The summed E-state index contributed by atoms with van der Waals surface area (Å²) in [4.78, 5) is 26.7. The Morgan fingerprint density at radius 3 is 2.92 bits per heavy atom. The zero-order valence-corrected chi connectivity index (χ0v) is 14.3. The van der Waals surface area contributed by atoms with E-state index in [4.69, 9.17) is 13.9 Å². The molecule has 2 amide bonds. The highest BCUT2D eigenvalue weighted by Gasteiger charge is 2.29. The molecule has 2 aromatic rings. The van der Waals surface area contributed by atoms with Crippen LogP contribution in [0.5, 0.6) is 11.5 Å². The highest BCUT2D eigenvalue weighted by Crippen LogP contribution is 2.32. The molecule has 0 aliphatic carbocycles. The number of amides is 2. The molecule has 0 bridgehead atoms. The number of furan rings is 1. The van der Waals surface area contributed by atoms with Crippen LogP contribution in [0.15, 0.2) is 41.2 Å². The van der Waals surface area contributed by atoms with E-state index in [1.54, 1.807) is 11.0 Å². The van der Waals surface area contributed by atoms with Crippen LogP contribution in [-0.2, 0) is 11.3 Å². The van der Waals surface area contributed by atoms with Crippen LogP contribution in [0.2, 0.25) is 0 Å². The Morgan fingerprint density at radius 1 is 1.19 bits per heavy atom. The normalized spacial score (nSPS) is 18.6. The average Bonchev–Trinajstić information content (AvgIpc) is 3.36. The standard InChI is InChI=1S/C19H20N2O5/c22-18(20-9-13-3-4-16-17(8-13)26-12-25-16)14-2-1-6-21(10-14)19(23)15-5-7-24-11-15/h3-5,7-8,11,14H,1-2,6,9-10,12H2,(H,20,22). The van der Waals surface area contributed by atoms with Gasteiger partial charge in [-0.25, -0.2) is 0 Å². The predicted molar refractivity (Wildman–Crippen MR) is 91.7 cm³/mol. The molecule has 0 saturated carbocycles. The molecule has 26 heavy (non-hydrogen) atoms. The van der Waals surface area contributed by atoms with Gasteiger partial charge in [-0.3, -0.25) is 9.59 Å². The second-order valence-electron chi connectivity index (χ2n) is 6.51. The number of benzene rings is 1. The van der Waals surface area contributed by atoms with E-state index in [0.717, 1.165) is 24.2 Å². The molecule has 1 atom stereocenters. The first-order chi connectivity index (χ1) is 12.7. The van der Waals surface area contributed by atoms with Gasteiger partial charge in [0.1, 0.15) is 6.26 Å². The fourth-order valence-electron chi connectivity index (χ4n) is 3.33. The molecule has 3 heterocycles. The smallest absolute Gasteiger partial charge is 0.257 e. The van der Waals surface area contributed by atoms with Crippen LogP contribution in [0.3, 0.4) is 0 Å². The van der Waals surface area contributed by atoms with Crippen LogP contribution < -0.4 is 14.8 Å². The molecule has 0 radical (unpaired) electrons. The van der Waals surface area contributed by atoms with E-state index in [1.807, 2.05) is 18.2 Å². The fourth-order valence-corrected chi connectivity index (χ4v) is 3.33. The van der Waals surface area contributed by atoms with Gasteiger partial charge in [-0.15, -0.1) is 0 Å². The van der Waals surface area contributed by atoms with Gasteiger partial charge in [-0.1, -0.05) is 6.07 Å². The van der Waals surface area contributed by atoms with Crippen molar-refractivity contribution in [2.75, 3.05) is 19.9 Å². The van der Waals surface area contributed by atoms with Crippen LogP contribution in [-0.4, -0.2) is 36.6 Å². The third-order valence-electron chi connectivity index (χ3n) is 4.75. The number of nitrogens with zero attached hydrogens (tertiary/aromatic N) is 1. The molecule has 1 saturated heterocycles. The van der Waals surface area contributed by atoms with Gasteiger partial charge in [-0.2, -0.15) is 0 Å². The molecule has 136 valence electrons. The largest absolute Gasteiger partial charge is 0.472 e. The molecule has 2 aliphatic rings. The zero-order chi connectivity index (χ0) is 17.9. The molecule has 1 unspecified atom stereocenters. The number of carbonyl (C=O) groups is 2. The van der Waals surface area contributed by atoms with Crippen molar-refractivity contribution >= 4 is 11.8 Å². The molecule has 1 aromatic heterocycles. The monoisotopic (exact) mass is 356 g/mol. The number of rotatable bonds is 4. The van der Waals surface area contributed by atoms with Gasteiger partial charge >= 0.3 is 0 Å². The summed E-state index contributed by atoms with van der Waals surface area (Å²) in [6, 6.07) is 7.27. The summed E-state index contributed by atoms with van der Waals surface area (Å²) in [7, 11) is 0. The van der Waals surface area contributed by atoms with Gasteiger partial charge in [-0.05, 0) is 36.6 Å². The van der Waals surface area contributed by atoms with Crippen molar-refractivity contribution in [3.05, 3.63) is 47.9 Å². The molecular weight excluding hydrogens is 336 g/mol. The second-order valence-corrected chi connectivity index (χ2v) is 6.51. The van der Waals surface area contributed by atoms with Crippen LogP contribution in [0.4, 0.5) is 0 Å². The minimum Gasteiger partial charge on any atom is -0.472 e. The first kappa shape index (κ1) is 16.5. The Hall–Kier alpha value is -2.96. The van der Waals surface area contributed by atoms with Crippen molar-refractivity contribution in [3.63, 3.8) is 0 Å². The molecular formula is C19H20N2O5. The van der Waals surface area contributed by atoms with Gasteiger partial charge in [0.15, 0.2) is 11.5 Å². The Bertz CT molecular complexity index is 802. The van der Waals surface area contributed by atoms with E-state index in [2.05, 4.69) is 5.32 Å². The topological polar surface area (TPSA) is 81.0 Å². The summed E-state index contributed by atoms with van der Waals surface area (Å²) >= 11 is 0. The van der Waals surface area contributed by atoms with Gasteiger partial charge in [0.25, 0.3) is 5.91 Å². The highest BCUT2D eigenvalue weighted by molar-refractivity contribution is 5.94. The lowest BCUT2D eigenvalue weighted by atomic mass is 9.96. The number of fused-ring (bicyclic) bond motifs is 1. The van der Waals surface area contributed by atoms with Crippen molar-refractivity contribution in [2.45, 2.75) is 19.4 Å². The Kier molecular flexibility index (Phi) is 4.51. The van der Waals surface area contributed by atoms with Gasteiger partial charge in [0, 0.05) is 19.6 Å². The number of likely N-dealkylation sites (tertiary alicyclic amines) is 1. The summed E-state index contributed by atoms with van der Waals surface area (Å²) < 4.78 is 15.6. The van der Waals surface area contributed by atoms with Gasteiger partial charge in [0.2, 0.25) is 12.7 Å². The van der Waals surface area contributed by atoms with E-state index < -0.39 is 0 Å². The summed E-state index contributed by atoms with van der Waals surface area (Å²) in [5, 5.41) is 2.96. The van der Waals surface area contributed by atoms with Crippen molar-refractivity contribution in [3.8, 4) is 11.5 Å². The number of carbonyl (C=O) groups excluding carboxylic acids is 2. The van der Waals surface area contributed by atoms with Gasteiger partial charge < -0.3 is 24.1 Å². The molecule has 1 N–H and O–H groups in total. The SMILES string of the molecule is O=C(NCc1ccc2c(c1)OCO2)C1CCCN(C(=O)c2ccoc2)C1. The maximum absolute atomic E-state index is 12.5. The lowest BCUT2D eigenvalue weighted by Gasteiger charge is -2.31. The Morgan fingerprint density at radius 2 is 2.08 bits per heavy atom. The maximum Gasteiger partial charge on any atom is 0.257 e. The highest BCUT2D eigenvalue weighted by atomic mass is 16.7. The number of hydrogen-bond acceptors (Lipinski definition) is 5. The van der Waals surface area contributed by atoms with E-state index in [0.29, 0.717) is 30.9 Å². The van der Waals surface area contributed by atoms with E-state index in [9.17, 15) is 9.59 Å². The Balaban J connectivity index is 1.33. The van der Waals surface area contributed by atoms with Crippen molar-refractivity contribution in [1.29, 1.82) is 0 Å². The molecule has 0 spiro atoms. The third kappa shape index (κ3) is 3.37. The van der Waals surface area contributed by atoms with Gasteiger partial charge in [0.05, 0.1) is 17.7 Å². The van der Waals surface area contributed by atoms with Crippen molar-refractivity contribution in [2.24, 2.45) is 5.92 Å². The molecule has 7 nitrogen and oxygen atoms in total. The maximum atomic E-state index is 12.5. The second kappa shape index (κ2) is 7.11. The lowest BCUT2D eigenvalue weighted by molar-refractivity contribution is -0.126. The van der Waals surface area contributed by atoms with Crippen LogP contribution in [0.1, 0.15) is 28.8 Å². The Labute approximate surface area is 150 Å². The number of nitrogens with one attached hydrogen (secondary N) is 1. The summed E-state index contributed by atoms with van der Waals surface area (Å²) in [6.45, 7) is 1.74. The third-order valence-corrected chi connectivity index (χ3v) is 4.75. The molecule has 2 aliphatic heterocycles. The predicted octanol–water partition coefficient (Wildman–Crippen LogP) is 2.18. The fraction of sp³-hybridized carbons (Fsp3) is 0.368. The van der Waals surface area contributed by atoms with Crippen molar-refractivity contribution < 1.29 is 23.5 Å². The average molecular weight is 356 g/mol. The molecule has 1 aromatic carbocycles. The number of hydrogen-bond donors (Lipinski definition) is 1. The quantitative estimate of drug-likeness (QED) is 0.908.